The van der Waals surface area contributed by atoms with Crippen molar-refractivity contribution in [3.05, 3.63) is 35.1 Å². The van der Waals surface area contributed by atoms with Crippen LogP contribution in [0.2, 0.25) is 0 Å². The van der Waals surface area contributed by atoms with Gasteiger partial charge < -0.3 is 11.1 Å². The van der Waals surface area contributed by atoms with E-state index in [-0.39, 0.29) is 11.7 Å². The molecular weight excluding hydrogens is 263 g/mol. The molecule has 0 aliphatic heterocycles. The van der Waals surface area contributed by atoms with E-state index in [1.165, 1.54) is 18.2 Å². The van der Waals surface area contributed by atoms with Gasteiger partial charge in [0.1, 0.15) is 5.82 Å². The molecule has 0 unspecified atom stereocenters. The highest BCUT2D eigenvalue weighted by molar-refractivity contribution is 7.80. The standard InChI is InChI=1S/C14H17FN2OS/c1-9-8-10(15)4-5-11(9)12(18)17-14(13(16)19)6-2-3-7-14/h4-5,8H,2-3,6-7H2,1H3,(H2,16,19)(H,17,18). The van der Waals surface area contributed by atoms with E-state index in [9.17, 15) is 9.18 Å². The first-order chi connectivity index (χ1) is 8.94. The Bertz CT molecular complexity index is 524. The summed E-state index contributed by atoms with van der Waals surface area (Å²) in [7, 11) is 0. The quantitative estimate of drug-likeness (QED) is 0.836. The highest BCUT2D eigenvalue weighted by atomic mass is 32.1. The number of carbonyl (C=O) groups excluding carboxylic acids is 1. The molecule has 0 atom stereocenters. The van der Waals surface area contributed by atoms with Gasteiger partial charge in [-0.25, -0.2) is 4.39 Å². The van der Waals surface area contributed by atoms with Crippen molar-refractivity contribution in [3.63, 3.8) is 0 Å². The summed E-state index contributed by atoms with van der Waals surface area (Å²) in [5, 5.41) is 2.94. The average molecular weight is 280 g/mol. The fourth-order valence-corrected chi connectivity index (χ4v) is 2.83. The molecule has 1 aliphatic rings. The van der Waals surface area contributed by atoms with E-state index >= 15 is 0 Å². The van der Waals surface area contributed by atoms with Crippen LogP contribution in [0.4, 0.5) is 4.39 Å². The van der Waals surface area contributed by atoms with Gasteiger partial charge in [-0.05, 0) is 43.5 Å². The Labute approximate surface area is 117 Å². The second kappa shape index (κ2) is 5.25. The van der Waals surface area contributed by atoms with Crippen LogP contribution in [0.25, 0.3) is 0 Å². The normalized spacial score (nSPS) is 17.2. The molecule has 2 rings (SSSR count). The summed E-state index contributed by atoms with van der Waals surface area (Å²) < 4.78 is 13.0. The smallest absolute Gasteiger partial charge is 0.252 e. The molecule has 19 heavy (non-hydrogen) atoms. The van der Waals surface area contributed by atoms with Crippen molar-refractivity contribution in [1.82, 2.24) is 5.32 Å². The van der Waals surface area contributed by atoms with Crippen LogP contribution in [0.5, 0.6) is 0 Å². The van der Waals surface area contributed by atoms with Crippen LogP contribution in [0, 0.1) is 12.7 Å². The van der Waals surface area contributed by atoms with E-state index < -0.39 is 5.54 Å². The maximum Gasteiger partial charge on any atom is 0.252 e. The number of hydrogen-bond acceptors (Lipinski definition) is 2. The minimum atomic E-state index is -0.576. The van der Waals surface area contributed by atoms with Gasteiger partial charge in [-0.2, -0.15) is 0 Å². The Hall–Kier alpha value is -1.49. The van der Waals surface area contributed by atoms with Crippen LogP contribution in [0.15, 0.2) is 18.2 Å². The van der Waals surface area contributed by atoms with Crippen LogP contribution in [0.1, 0.15) is 41.6 Å². The molecule has 1 saturated carbocycles. The van der Waals surface area contributed by atoms with Crippen molar-refractivity contribution in [2.24, 2.45) is 5.73 Å². The minimum Gasteiger partial charge on any atom is -0.391 e. The Morgan fingerprint density at radius 3 is 2.58 bits per heavy atom. The number of aryl methyl sites for hydroxylation is 1. The molecule has 5 heteroatoms. The van der Waals surface area contributed by atoms with Gasteiger partial charge in [0.05, 0.1) is 10.5 Å². The number of benzene rings is 1. The van der Waals surface area contributed by atoms with Crippen molar-refractivity contribution in [2.45, 2.75) is 38.1 Å². The lowest BCUT2D eigenvalue weighted by atomic mass is 9.96. The number of halogens is 1. The third kappa shape index (κ3) is 2.76. The Morgan fingerprint density at radius 2 is 2.05 bits per heavy atom. The van der Waals surface area contributed by atoms with Gasteiger partial charge in [-0.1, -0.05) is 25.1 Å². The molecule has 1 amide bonds. The van der Waals surface area contributed by atoms with Gasteiger partial charge in [-0.15, -0.1) is 0 Å². The second-order valence-electron chi connectivity index (χ2n) is 5.07. The van der Waals surface area contributed by atoms with E-state index in [2.05, 4.69) is 5.32 Å². The van der Waals surface area contributed by atoms with Crippen molar-refractivity contribution >= 4 is 23.1 Å². The third-order valence-electron chi connectivity index (χ3n) is 3.71. The Morgan fingerprint density at radius 1 is 1.42 bits per heavy atom. The van der Waals surface area contributed by atoms with E-state index in [1.54, 1.807) is 6.92 Å². The zero-order chi connectivity index (χ0) is 14.0. The zero-order valence-corrected chi connectivity index (χ0v) is 11.6. The summed E-state index contributed by atoms with van der Waals surface area (Å²) in [4.78, 5) is 12.6. The van der Waals surface area contributed by atoms with Crippen molar-refractivity contribution < 1.29 is 9.18 Å². The Balaban J connectivity index is 2.22. The molecule has 0 heterocycles. The molecule has 0 saturated heterocycles. The van der Waals surface area contributed by atoms with Gasteiger partial charge in [0.2, 0.25) is 0 Å². The number of nitrogens with two attached hydrogens (primary N) is 1. The molecule has 1 fully saturated rings. The van der Waals surface area contributed by atoms with Gasteiger partial charge in [0, 0.05) is 5.56 Å². The molecule has 102 valence electrons. The fraction of sp³-hybridized carbons (Fsp3) is 0.429. The predicted octanol–water partition coefficient (Wildman–Crippen LogP) is 2.46. The van der Waals surface area contributed by atoms with Crippen molar-refractivity contribution in [3.8, 4) is 0 Å². The maximum atomic E-state index is 13.0. The number of amides is 1. The largest absolute Gasteiger partial charge is 0.391 e. The zero-order valence-electron chi connectivity index (χ0n) is 10.8. The molecule has 0 aromatic heterocycles. The first-order valence-corrected chi connectivity index (χ1v) is 6.74. The number of thiocarbonyl (C=S) groups is 1. The predicted molar refractivity (Wildman–Crippen MR) is 76.6 cm³/mol. The molecular formula is C14H17FN2OS. The molecule has 1 aliphatic carbocycles. The highest BCUT2D eigenvalue weighted by Crippen LogP contribution is 2.30. The number of hydrogen-bond donors (Lipinski definition) is 2. The third-order valence-corrected chi connectivity index (χ3v) is 4.11. The van der Waals surface area contributed by atoms with E-state index in [4.69, 9.17) is 18.0 Å². The van der Waals surface area contributed by atoms with E-state index in [0.717, 1.165) is 25.7 Å². The maximum absolute atomic E-state index is 13.0. The molecule has 0 bridgehead atoms. The first kappa shape index (κ1) is 13.9. The lowest BCUT2D eigenvalue weighted by Gasteiger charge is -2.29. The van der Waals surface area contributed by atoms with Crippen LogP contribution < -0.4 is 11.1 Å². The summed E-state index contributed by atoms with van der Waals surface area (Å²) >= 11 is 5.09. The number of carbonyl (C=O) groups is 1. The molecule has 0 spiro atoms. The van der Waals surface area contributed by atoms with Gasteiger partial charge in [0.25, 0.3) is 5.91 Å². The van der Waals surface area contributed by atoms with Crippen LogP contribution in [-0.2, 0) is 0 Å². The van der Waals surface area contributed by atoms with Gasteiger partial charge >= 0.3 is 0 Å². The SMILES string of the molecule is Cc1cc(F)ccc1C(=O)NC1(C(N)=S)CCCC1. The summed E-state index contributed by atoms with van der Waals surface area (Å²) in [6, 6.07) is 4.11. The lowest BCUT2D eigenvalue weighted by molar-refractivity contribution is 0.0924. The fourth-order valence-electron chi connectivity index (χ4n) is 2.58. The van der Waals surface area contributed by atoms with Crippen LogP contribution in [0.3, 0.4) is 0 Å². The number of rotatable bonds is 3. The average Bonchev–Trinajstić information content (AvgIpc) is 2.78. The van der Waals surface area contributed by atoms with Gasteiger partial charge in [-0.3, -0.25) is 4.79 Å². The first-order valence-electron chi connectivity index (χ1n) is 6.33. The van der Waals surface area contributed by atoms with Gasteiger partial charge in [0.15, 0.2) is 0 Å². The molecule has 3 N–H and O–H groups in total. The summed E-state index contributed by atoms with van der Waals surface area (Å²) in [6.45, 7) is 1.71. The summed E-state index contributed by atoms with van der Waals surface area (Å²) in [6.07, 6.45) is 3.54. The van der Waals surface area contributed by atoms with Crippen LogP contribution >= 0.6 is 12.2 Å². The highest BCUT2D eigenvalue weighted by Gasteiger charge is 2.38. The van der Waals surface area contributed by atoms with Crippen molar-refractivity contribution in [1.29, 1.82) is 0 Å². The van der Waals surface area contributed by atoms with E-state index in [0.29, 0.717) is 16.1 Å². The van der Waals surface area contributed by atoms with Crippen LogP contribution in [-0.4, -0.2) is 16.4 Å². The number of nitrogens with one attached hydrogen (secondary N) is 1. The monoisotopic (exact) mass is 280 g/mol. The molecule has 1 aromatic carbocycles. The topological polar surface area (TPSA) is 55.1 Å². The summed E-state index contributed by atoms with van der Waals surface area (Å²) in [5.41, 5.74) is 6.27. The Kier molecular flexibility index (Phi) is 3.85. The van der Waals surface area contributed by atoms with E-state index in [1.807, 2.05) is 0 Å². The molecule has 3 nitrogen and oxygen atoms in total. The van der Waals surface area contributed by atoms with Crippen molar-refractivity contribution in [2.75, 3.05) is 0 Å². The molecule has 1 aromatic rings. The summed E-state index contributed by atoms with van der Waals surface area (Å²) in [5.74, 6) is -0.592. The minimum absolute atomic E-state index is 0.243. The lowest BCUT2D eigenvalue weighted by Crippen LogP contribution is -2.54. The molecule has 0 radical (unpaired) electrons. The second-order valence-corrected chi connectivity index (χ2v) is 5.51.